The maximum atomic E-state index is 13.1. The van der Waals surface area contributed by atoms with Crippen molar-refractivity contribution in [3.8, 4) is 0 Å². The largest absolute Gasteiger partial charge is 0.355 e. The molecule has 0 unspecified atom stereocenters. The fourth-order valence-corrected chi connectivity index (χ4v) is 6.01. The fourth-order valence-electron chi connectivity index (χ4n) is 4.19. The molecule has 0 aromatic carbocycles. The Balaban J connectivity index is 1.42. The van der Waals surface area contributed by atoms with Crippen LogP contribution in [-0.2, 0) is 17.1 Å². The second-order valence-electron chi connectivity index (χ2n) is 7.81. The Hall–Kier alpha value is -2.20. The lowest BCUT2D eigenvalue weighted by Gasteiger charge is -2.34. The number of nitrogens with zero attached hydrogens (tertiary/aromatic N) is 7. The van der Waals surface area contributed by atoms with E-state index < -0.39 is 10.0 Å². The maximum absolute atomic E-state index is 13.1. The molecule has 2 aliphatic rings. The van der Waals surface area contributed by atoms with Crippen LogP contribution in [0.4, 0.5) is 11.6 Å². The highest BCUT2D eigenvalue weighted by atomic mass is 32.2. The molecule has 0 saturated carbocycles. The van der Waals surface area contributed by atoms with Gasteiger partial charge in [0.1, 0.15) is 4.90 Å². The monoisotopic (exact) mass is 419 g/mol. The standard InChI is InChI=1S/C19H29N7O2S/c1-15-19(16(2)23(3)22-15)29(27,28)26-13-11-25(12-14-26)18-8-7-17(20-21-18)24-9-5-4-6-10-24/h7-8H,4-6,9-14H2,1-3H3. The van der Waals surface area contributed by atoms with Gasteiger partial charge in [0.25, 0.3) is 0 Å². The molecule has 0 atom stereocenters. The molecule has 2 aromatic heterocycles. The average Bonchev–Trinajstić information content (AvgIpc) is 3.01. The first-order valence-corrected chi connectivity index (χ1v) is 11.7. The summed E-state index contributed by atoms with van der Waals surface area (Å²) in [5.41, 5.74) is 1.22. The summed E-state index contributed by atoms with van der Waals surface area (Å²) in [6, 6.07) is 4.02. The van der Waals surface area contributed by atoms with Crippen LogP contribution < -0.4 is 9.80 Å². The summed E-state index contributed by atoms with van der Waals surface area (Å²) in [4.78, 5) is 4.71. The topological polar surface area (TPSA) is 87.5 Å². The van der Waals surface area contributed by atoms with Gasteiger partial charge in [0, 0.05) is 46.3 Å². The summed E-state index contributed by atoms with van der Waals surface area (Å²) < 4.78 is 29.4. The van der Waals surface area contributed by atoms with Gasteiger partial charge in [-0.1, -0.05) is 0 Å². The third kappa shape index (κ3) is 3.83. The molecule has 0 N–H and O–H groups in total. The van der Waals surface area contributed by atoms with Gasteiger partial charge in [-0.3, -0.25) is 4.68 Å². The summed E-state index contributed by atoms with van der Waals surface area (Å²) in [7, 11) is -1.78. The number of piperidine rings is 1. The summed E-state index contributed by atoms with van der Waals surface area (Å²) >= 11 is 0. The Morgan fingerprint density at radius 3 is 1.86 bits per heavy atom. The van der Waals surface area contributed by atoms with Gasteiger partial charge >= 0.3 is 0 Å². The predicted octanol–water partition coefficient (Wildman–Crippen LogP) is 1.33. The number of anilines is 2. The highest BCUT2D eigenvalue weighted by Gasteiger charge is 2.33. The van der Waals surface area contributed by atoms with Gasteiger partial charge in [-0.05, 0) is 45.2 Å². The van der Waals surface area contributed by atoms with Crippen molar-refractivity contribution in [2.24, 2.45) is 7.05 Å². The third-order valence-corrected chi connectivity index (χ3v) is 8.07. The third-order valence-electron chi connectivity index (χ3n) is 5.92. The van der Waals surface area contributed by atoms with Crippen molar-refractivity contribution in [3.63, 3.8) is 0 Å². The molecule has 158 valence electrons. The minimum atomic E-state index is -3.55. The first kappa shape index (κ1) is 20.1. The number of piperazine rings is 1. The van der Waals surface area contributed by atoms with Gasteiger partial charge in [-0.15, -0.1) is 10.2 Å². The first-order chi connectivity index (χ1) is 13.9. The van der Waals surface area contributed by atoms with E-state index >= 15 is 0 Å². The van der Waals surface area contributed by atoms with E-state index in [-0.39, 0.29) is 0 Å². The van der Waals surface area contributed by atoms with Gasteiger partial charge in [0.2, 0.25) is 10.0 Å². The summed E-state index contributed by atoms with van der Waals surface area (Å²) in [5, 5.41) is 13.1. The van der Waals surface area contributed by atoms with Crippen molar-refractivity contribution < 1.29 is 8.42 Å². The normalized spacial score (nSPS) is 19.0. The van der Waals surface area contributed by atoms with Crippen LogP contribution in [0.15, 0.2) is 17.0 Å². The number of aromatic nitrogens is 4. The zero-order valence-corrected chi connectivity index (χ0v) is 18.2. The van der Waals surface area contributed by atoms with Crippen LogP contribution in [0.2, 0.25) is 0 Å². The van der Waals surface area contributed by atoms with Crippen molar-refractivity contribution in [2.75, 3.05) is 49.1 Å². The molecule has 2 aliphatic heterocycles. The Kier molecular flexibility index (Phi) is 5.48. The molecule has 0 spiro atoms. The molecule has 0 aliphatic carbocycles. The van der Waals surface area contributed by atoms with E-state index in [4.69, 9.17) is 0 Å². The lowest BCUT2D eigenvalue weighted by atomic mass is 10.1. The molecule has 0 radical (unpaired) electrons. The predicted molar refractivity (Wildman–Crippen MR) is 112 cm³/mol. The number of sulfonamides is 1. The van der Waals surface area contributed by atoms with E-state index in [1.165, 1.54) is 19.3 Å². The minimum Gasteiger partial charge on any atom is -0.355 e. The minimum absolute atomic E-state index is 0.333. The Bertz CT molecular complexity index is 957. The van der Waals surface area contributed by atoms with Crippen LogP contribution in [0.1, 0.15) is 30.7 Å². The molecular formula is C19H29N7O2S. The molecule has 4 rings (SSSR count). The Morgan fingerprint density at radius 1 is 0.828 bits per heavy atom. The lowest BCUT2D eigenvalue weighted by molar-refractivity contribution is 0.383. The van der Waals surface area contributed by atoms with Crippen molar-refractivity contribution in [1.29, 1.82) is 0 Å². The molecule has 9 nitrogen and oxygen atoms in total. The van der Waals surface area contributed by atoms with Crippen LogP contribution >= 0.6 is 0 Å². The zero-order chi connectivity index (χ0) is 20.6. The van der Waals surface area contributed by atoms with E-state index in [2.05, 4.69) is 25.1 Å². The van der Waals surface area contributed by atoms with E-state index in [1.807, 2.05) is 12.1 Å². The van der Waals surface area contributed by atoms with Gasteiger partial charge in [0.05, 0.1) is 11.4 Å². The first-order valence-electron chi connectivity index (χ1n) is 10.2. The molecule has 10 heteroatoms. The van der Waals surface area contributed by atoms with Crippen LogP contribution in [0, 0.1) is 13.8 Å². The molecule has 29 heavy (non-hydrogen) atoms. The van der Waals surface area contributed by atoms with E-state index in [1.54, 1.807) is 29.9 Å². The average molecular weight is 420 g/mol. The second-order valence-corrected chi connectivity index (χ2v) is 9.69. The second kappa shape index (κ2) is 7.91. The SMILES string of the molecule is Cc1nn(C)c(C)c1S(=O)(=O)N1CCN(c2ccc(N3CCCCC3)nn2)CC1. The summed E-state index contributed by atoms with van der Waals surface area (Å²) in [5.74, 6) is 1.73. The van der Waals surface area contributed by atoms with Gasteiger partial charge < -0.3 is 9.80 Å². The van der Waals surface area contributed by atoms with Crippen molar-refractivity contribution >= 4 is 21.7 Å². The Labute approximate surface area is 172 Å². The summed E-state index contributed by atoms with van der Waals surface area (Å²) in [6.07, 6.45) is 3.69. The van der Waals surface area contributed by atoms with E-state index in [0.29, 0.717) is 42.5 Å². The van der Waals surface area contributed by atoms with Crippen LogP contribution in [0.25, 0.3) is 0 Å². The highest BCUT2D eigenvalue weighted by molar-refractivity contribution is 7.89. The van der Waals surface area contributed by atoms with Gasteiger partial charge in [0.15, 0.2) is 11.6 Å². The molecular weight excluding hydrogens is 390 g/mol. The number of hydrogen-bond donors (Lipinski definition) is 0. The van der Waals surface area contributed by atoms with Crippen LogP contribution in [0.5, 0.6) is 0 Å². The number of rotatable bonds is 4. The van der Waals surface area contributed by atoms with Crippen molar-refractivity contribution in [1.82, 2.24) is 24.3 Å². The van der Waals surface area contributed by atoms with Crippen molar-refractivity contribution in [2.45, 2.75) is 38.0 Å². The number of hydrogen-bond acceptors (Lipinski definition) is 7. The van der Waals surface area contributed by atoms with Crippen LogP contribution in [0.3, 0.4) is 0 Å². The highest BCUT2D eigenvalue weighted by Crippen LogP contribution is 2.25. The molecule has 4 heterocycles. The number of aryl methyl sites for hydroxylation is 2. The van der Waals surface area contributed by atoms with Crippen molar-refractivity contribution in [3.05, 3.63) is 23.5 Å². The maximum Gasteiger partial charge on any atom is 0.246 e. The fraction of sp³-hybridized carbons (Fsp3) is 0.632. The van der Waals surface area contributed by atoms with E-state index in [9.17, 15) is 8.42 Å². The molecule has 2 aromatic rings. The molecule has 2 fully saturated rings. The molecule has 2 saturated heterocycles. The van der Waals surface area contributed by atoms with Gasteiger partial charge in [-0.25, -0.2) is 8.42 Å². The van der Waals surface area contributed by atoms with E-state index in [0.717, 1.165) is 24.7 Å². The molecule has 0 amide bonds. The smallest absolute Gasteiger partial charge is 0.246 e. The quantitative estimate of drug-likeness (QED) is 0.739. The van der Waals surface area contributed by atoms with Crippen LogP contribution in [-0.4, -0.2) is 72.0 Å². The lowest BCUT2D eigenvalue weighted by Crippen LogP contribution is -2.49. The zero-order valence-electron chi connectivity index (χ0n) is 17.4. The summed E-state index contributed by atoms with van der Waals surface area (Å²) in [6.45, 7) is 7.65. The van der Waals surface area contributed by atoms with Gasteiger partial charge in [-0.2, -0.15) is 9.40 Å². The molecule has 0 bridgehead atoms. The Morgan fingerprint density at radius 2 is 1.38 bits per heavy atom.